The molecule has 0 aliphatic heterocycles. The van der Waals surface area contributed by atoms with Crippen LogP contribution in [0.2, 0.25) is 0 Å². The van der Waals surface area contributed by atoms with Crippen LogP contribution in [0.3, 0.4) is 0 Å². The van der Waals surface area contributed by atoms with Gasteiger partial charge in [-0.25, -0.2) is 4.79 Å². The standard InChI is InChI=1S/C10H12O5/c1-2-5-14-10(12)9-4-3-8(15-9)6-13-7-11/h3-4,7H,2,5-6H2,1H3. The number of rotatable bonds is 6. The number of ether oxygens (including phenoxy) is 2. The second-order valence-electron chi connectivity index (χ2n) is 2.81. The van der Waals surface area contributed by atoms with Crippen LogP contribution in [0.25, 0.3) is 0 Å². The Balaban J connectivity index is 2.51. The maximum atomic E-state index is 11.3. The van der Waals surface area contributed by atoms with Crippen LogP contribution < -0.4 is 0 Å². The van der Waals surface area contributed by atoms with E-state index >= 15 is 0 Å². The van der Waals surface area contributed by atoms with Gasteiger partial charge in [-0.3, -0.25) is 4.79 Å². The molecule has 0 bridgehead atoms. The van der Waals surface area contributed by atoms with E-state index in [0.29, 0.717) is 18.8 Å². The smallest absolute Gasteiger partial charge is 0.374 e. The monoisotopic (exact) mass is 212 g/mol. The highest BCUT2D eigenvalue weighted by Crippen LogP contribution is 2.10. The molecule has 0 spiro atoms. The van der Waals surface area contributed by atoms with E-state index in [2.05, 4.69) is 4.74 Å². The average Bonchev–Trinajstić information content (AvgIpc) is 2.71. The van der Waals surface area contributed by atoms with Gasteiger partial charge in [0, 0.05) is 0 Å². The van der Waals surface area contributed by atoms with Gasteiger partial charge < -0.3 is 13.9 Å². The molecule has 5 nitrogen and oxygen atoms in total. The van der Waals surface area contributed by atoms with E-state index in [9.17, 15) is 9.59 Å². The first kappa shape index (κ1) is 11.3. The van der Waals surface area contributed by atoms with Crippen LogP contribution in [0.15, 0.2) is 16.5 Å². The minimum absolute atomic E-state index is 0.0184. The Labute approximate surface area is 87.0 Å². The fourth-order valence-corrected chi connectivity index (χ4v) is 0.947. The van der Waals surface area contributed by atoms with E-state index in [-0.39, 0.29) is 12.4 Å². The maximum Gasteiger partial charge on any atom is 0.374 e. The summed E-state index contributed by atoms with van der Waals surface area (Å²) < 4.78 is 14.4. The van der Waals surface area contributed by atoms with Crippen LogP contribution in [-0.2, 0) is 20.9 Å². The molecule has 0 fully saturated rings. The molecule has 0 aliphatic carbocycles. The summed E-state index contributed by atoms with van der Waals surface area (Å²) in [7, 11) is 0. The molecule has 0 saturated carbocycles. The Morgan fingerprint density at radius 3 is 3.00 bits per heavy atom. The number of carbonyl (C=O) groups is 2. The van der Waals surface area contributed by atoms with Crippen molar-refractivity contribution in [2.45, 2.75) is 20.0 Å². The van der Waals surface area contributed by atoms with Crippen molar-refractivity contribution in [3.8, 4) is 0 Å². The van der Waals surface area contributed by atoms with Gasteiger partial charge in [0.25, 0.3) is 6.47 Å². The molecule has 0 radical (unpaired) electrons. The molecular formula is C10H12O5. The van der Waals surface area contributed by atoms with Crippen LogP contribution in [-0.4, -0.2) is 19.0 Å². The second kappa shape index (κ2) is 5.85. The third-order valence-corrected chi connectivity index (χ3v) is 1.59. The Bertz CT molecular complexity index is 328. The molecule has 0 saturated heterocycles. The molecule has 1 rings (SSSR count). The van der Waals surface area contributed by atoms with Crippen molar-refractivity contribution in [3.63, 3.8) is 0 Å². The van der Waals surface area contributed by atoms with Crippen LogP contribution in [0.1, 0.15) is 29.7 Å². The van der Waals surface area contributed by atoms with Crippen molar-refractivity contribution in [1.82, 2.24) is 0 Å². The molecule has 0 atom stereocenters. The highest BCUT2D eigenvalue weighted by Gasteiger charge is 2.12. The summed E-state index contributed by atoms with van der Waals surface area (Å²) >= 11 is 0. The minimum Gasteiger partial charge on any atom is -0.460 e. The molecule has 0 unspecified atom stereocenters. The molecule has 1 aromatic rings. The first-order valence-corrected chi connectivity index (χ1v) is 4.59. The zero-order valence-corrected chi connectivity index (χ0v) is 8.39. The van der Waals surface area contributed by atoms with Crippen molar-refractivity contribution in [2.24, 2.45) is 0 Å². The van der Waals surface area contributed by atoms with Crippen molar-refractivity contribution in [3.05, 3.63) is 23.7 Å². The third kappa shape index (κ3) is 3.46. The molecule has 82 valence electrons. The van der Waals surface area contributed by atoms with Crippen molar-refractivity contribution >= 4 is 12.4 Å². The highest BCUT2D eigenvalue weighted by molar-refractivity contribution is 5.86. The van der Waals surface area contributed by atoms with Gasteiger partial charge in [-0.15, -0.1) is 0 Å². The molecule has 1 heterocycles. The lowest BCUT2D eigenvalue weighted by Gasteiger charge is -1.99. The molecule has 1 aromatic heterocycles. The van der Waals surface area contributed by atoms with E-state index in [0.717, 1.165) is 6.42 Å². The van der Waals surface area contributed by atoms with Gasteiger partial charge in [-0.05, 0) is 18.6 Å². The number of hydrogen-bond donors (Lipinski definition) is 0. The number of carbonyl (C=O) groups excluding carboxylic acids is 2. The van der Waals surface area contributed by atoms with E-state index in [4.69, 9.17) is 9.15 Å². The van der Waals surface area contributed by atoms with Gasteiger partial charge in [0.15, 0.2) is 0 Å². The topological polar surface area (TPSA) is 65.7 Å². The van der Waals surface area contributed by atoms with Gasteiger partial charge in [-0.2, -0.15) is 0 Å². The van der Waals surface area contributed by atoms with Gasteiger partial charge in [-0.1, -0.05) is 6.92 Å². The lowest BCUT2D eigenvalue weighted by molar-refractivity contribution is -0.130. The van der Waals surface area contributed by atoms with E-state index in [1.54, 1.807) is 6.07 Å². The van der Waals surface area contributed by atoms with Gasteiger partial charge in [0.05, 0.1) is 6.61 Å². The van der Waals surface area contributed by atoms with Gasteiger partial charge in [0.1, 0.15) is 12.4 Å². The fraction of sp³-hybridized carbons (Fsp3) is 0.400. The summed E-state index contributed by atoms with van der Waals surface area (Å²) in [4.78, 5) is 21.2. The van der Waals surface area contributed by atoms with Crippen molar-refractivity contribution in [1.29, 1.82) is 0 Å². The summed E-state index contributed by atoms with van der Waals surface area (Å²) in [5, 5.41) is 0. The van der Waals surface area contributed by atoms with Crippen LogP contribution in [0.4, 0.5) is 0 Å². The zero-order chi connectivity index (χ0) is 11.1. The Kier molecular flexibility index (Phi) is 4.40. The summed E-state index contributed by atoms with van der Waals surface area (Å²) in [6.45, 7) is 2.60. The molecule has 0 aliphatic rings. The molecule has 15 heavy (non-hydrogen) atoms. The average molecular weight is 212 g/mol. The van der Waals surface area contributed by atoms with E-state index < -0.39 is 5.97 Å². The summed E-state index contributed by atoms with van der Waals surface area (Å²) in [6.07, 6.45) is 0.757. The predicted molar refractivity (Wildman–Crippen MR) is 50.1 cm³/mol. The minimum atomic E-state index is -0.505. The molecule has 0 N–H and O–H groups in total. The van der Waals surface area contributed by atoms with E-state index in [1.165, 1.54) is 6.07 Å². The molecule has 0 aromatic carbocycles. The number of hydrogen-bond acceptors (Lipinski definition) is 5. The largest absolute Gasteiger partial charge is 0.460 e. The lowest BCUT2D eigenvalue weighted by atomic mass is 10.4. The summed E-state index contributed by atoms with van der Waals surface area (Å²) in [5.41, 5.74) is 0. The van der Waals surface area contributed by atoms with E-state index in [1.807, 2.05) is 6.92 Å². The molecular weight excluding hydrogens is 200 g/mol. The number of esters is 1. The van der Waals surface area contributed by atoms with Crippen molar-refractivity contribution in [2.75, 3.05) is 6.61 Å². The first-order chi connectivity index (χ1) is 7.27. The Morgan fingerprint density at radius 2 is 2.33 bits per heavy atom. The third-order valence-electron chi connectivity index (χ3n) is 1.59. The zero-order valence-electron chi connectivity index (χ0n) is 8.39. The predicted octanol–water partition coefficient (Wildman–Crippen LogP) is 1.52. The van der Waals surface area contributed by atoms with Crippen LogP contribution in [0, 0.1) is 0 Å². The Morgan fingerprint density at radius 1 is 1.53 bits per heavy atom. The fourth-order valence-electron chi connectivity index (χ4n) is 0.947. The highest BCUT2D eigenvalue weighted by atomic mass is 16.5. The van der Waals surface area contributed by atoms with Crippen molar-refractivity contribution < 1.29 is 23.5 Å². The van der Waals surface area contributed by atoms with Gasteiger partial charge >= 0.3 is 5.97 Å². The first-order valence-electron chi connectivity index (χ1n) is 4.59. The second-order valence-corrected chi connectivity index (χ2v) is 2.81. The van der Waals surface area contributed by atoms with Crippen LogP contribution in [0.5, 0.6) is 0 Å². The quantitative estimate of drug-likeness (QED) is 0.528. The number of furan rings is 1. The lowest BCUT2D eigenvalue weighted by Crippen LogP contribution is -2.04. The normalized spacial score (nSPS) is 9.67. The maximum absolute atomic E-state index is 11.3. The van der Waals surface area contributed by atoms with Crippen LogP contribution >= 0.6 is 0 Å². The summed E-state index contributed by atoms with van der Waals surface area (Å²) in [5.74, 6) is 0.0210. The van der Waals surface area contributed by atoms with Gasteiger partial charge in [0.2, 0.25) is 5.76 Å². The summed E-state index contributed by atoms with van der Waals surface area (Å²) in [6, 6.07) is 3.05. The Hall–Kier alpha value is -1.78. The molecule has 5 heteroatoms. The molecule has 0 amide bonds. The SMILES string of the molecule is CCCOC(=O)c1ccc(COC=O)o1.